The standard InChI is InChI=1S/C15H21BrO4/c1-3-19-13-7-11(12(16)8-14(13)20-4-2)15(17)10-5-6-18-9-10/h7-8,10,15,17H,3-6,9H2,1-2H3. The molecular formula is C15H21BrO4. The van der Waals surface area contributed by atoms with Crippen LogP contribution in [0.25, 0.3) is 0 Å². The van der Waals surface area contributed by atoms with Gasteiger partial charge in [-0.25, -0.2) is 0 Å². The van der Waals surface area contributed by atoms with Crippen LogP contribution in [0.15, 0.2) is 16.6 Å². The van der Waals surface area contributed by atoms with Crippen LogP contribution in [-0.2, 0) is 4.74 Å². The number of halogens is 1. The predicted molar refractivity (Wildman–Crippen MR) is 80.4 cm³/mol. The molecule has 2 atom stereocenters. The van der Waals surface area contributed by atoms with Crippen LogP contribution in [0.5, 0.6) is 11.5 Å². The average Bonchev–Trinajstić information content (AvgIpc) is 2.95. The first kappa shape index (κ1) is 15.6. The zero-order valence-corrected chi connectivity index (χ0v) is 13.5. The molecule has 0 aromatic heterocycles. The molecule has 4 nitrogen and oxygen atoms in total. The highest BCUT2D eigenvalue weighted by Gasteiger charge is 2.27. The summed E-state index contributed by atoms with van der Waals surface area (Å²) in [5.41, 5.74) is 0.826. The molecule has 0 aliphatic carbocycles. The summed E-state index contributed by atoms with van der Waals surface area (Å²) < 4.78 is 17.4. The first-order valence-corrected chi connectivity index (χ1v) is 7.81. The van der Waals surface area contributed by atoms with E-state index in [1.165, 1.54) is 0 Å². The van der Waals surface area contributed by atoms with Crippen LogP contribution in [-0.4, -0.2) is 31.5 Å². The van der Waals surface area contributed by atoms with Crippen molar-refractivity contribution in [3.63, 3.8) is 0 Å². The van der Waals surface area contributed by atoms with Crippen LogP contribution in [0, 0.1) is 5.92 Å². The largest absolute Gasteiger partial charge is 0.490 e. The van der Waals surface area contributed by atoms with E-state index in [9.17, 15) is 5.11 Å². The Morgan fingerprint density at radius 3 is 2.50 bits per heavy atom. The topological polar surface area (TPSA) is 47.9 Å². The smallest absolute Gasteiger partial charge is 0.162 e. The molecule has 112 valence electrons. The molecule has 5 heteroatoms. The molecule has 1 N–H and O–H groups in total. The molecule has 1 saturated heterocycles. The van der Waals surface area contributed by atoms with Crippen LogP contribution in [0.3, 0.4) is 0 Å². The van der Waals surface area contributed by atoms with Gasteiger partial charge in [0.15, 0.2) is 11.5 Å². The van der Waals surface area contributed by atoms with E-state index in [0.717, 1.165) is 16.5 Å². The summed E-state index contributed by atoms with van der Waals surface area (Å²) in [6.07, 6.45) is 0.326. The van der Waals surface area contributed by atoms with Gasteiger partial charge in [0, 0.05) is 17.0 Å². The van der Waals surface area contributed by atoms with Gasteiger partial charge in [0.25, 0.3) is 0 Å². The molecule has 0 amide bonds. The van der Waals surface area contributed by atoms with Crippen molar-refractivity contribution >= 4 is 15.9 Å². The lowest BCUT2D eigenvalue weighted by Gasteiger charge is -2.20. The summed E-state index contributed by atoms with van der Waals surface area (Å²) in [5, 5.41) is 10.5. The molecule has 1 heterocycles. The summed E-state index contributed by atoms with van der Waals surface area (Å²) in [4.78, 5) is 0. The van der Waals surface area contributed by atoms with Crippen molar-refractivity contribution in [3.8, 4) is 11.5 Å². The van der Waals surface area contributed by atoms with Crippen molar-refractivity contribution in [2.45, 2.75) is 26.4 Å². The fraction of sp³-hybridized carbons (Fsp3) is 0.600. The molecule has 0 radical (unpaired) electrons. The molecule has 0 saturated carbocycles. The van der Waals surface area contributed by atoms with Crippen molar-refractivity contribution in [3.05, 3.63) is 22.2 Å². The molecular weight excluding hydrogens is 324 g/mol. The predicted octanol–water partition coefficient (Wildman–Crippen LogP) is 3.32. The Labute approximate surface area is 128 Å². The van der Waals surface area contributed by atoms with E-state index < -0.39 is 6.10 Å². The molecule has 0 spiro atoms. The zero-order valence-electron chi connectivity index (χ0n) is 11.9. The van der Waals surface area contributed by atoms with Crippen LogP contribution in [0.4, 0.5) is 0 Å². The van der Waals surface area contributed by atoms with E-state index in [0.29, 0.717) is 37.9 Å². The third kappa shape index (κ3) is 3.45. The summed E-state index contributed by atoms with van der Waals surface area (Å²) >= 11 is 3.51. The Morgan fingerprint density at radius 2 is 1.95 bits per heavy atom. The second-order valence-corrected chi connectivity index (χ2v) is 5.61. The van der Waals surface area contributed by atoms with Crippen LogP contribution < -0.4 is 9.47 Å². The summed E-state index contributed by atoms with van der Waals surface area (Å²) in [5.74, 6) is 1.50. The minimum absolute atomic E-state index is 0.138. The van der Waals surface area contributed by atoms with Crippen molar-refractivity contribution in [2.75, 3.05) is 26.4 Å². The van der Waals surface area contributed by atoms with Gasteiger partial charge in [0.1, 0.15) is 0 Å². The highest BCUT2D eigenvalue weighted by molar-refractivity contribution is 9.10. The van der Waals surface area contributed by atoms with Crippen molar-refractivity contribution in [2.24, 2.45) is 5.92 Å². The molecule has 20 heavy (non-hydrogen) atoms. The maximum atomic E-state index is 10.5. The van der Waals surface area contributed by atoms with Gasteiger partial charge in [-0.3, -0.25) is 0 Å². The number of rotatable bonds is 6. The van der Waals surface area contributed by atoms with Crippen molar-refractivity contribution in [1.29, 1.82) is 0 Å². The maximum absolute atomic E-state index is 10.5. The second-order valence-electron chi connectivity index (χ2n) is 4.75. The highest BCUT2D eigenvalue weighted by atomic mass is 79.9. The number of aliphatic hydroxyl groups excluding tert-OH is 1. The SMILES string of the molecule is CCOc1cc(Br)c(C(O)C2CCOC2)cc1OCC. The van der Waals surface area contributed by atoms with E-state index in [1.807, 2.05) is 26.0 Å². The molecule has 0 bridgehead atoms. The van der Waals surface area contributed by atoms with Crippen LogP contribution in [0.1, 0.15) is 31.9 Å². The molecule has 2 unspecified atom stereocenters. The summed E-state index contributed by atoms with van der Waals surface area (Å²) in [6, 6.07) is 3.73. The lowest BCUT2D eigenvalue weighted by Crippen LogP contribution is -2.13. The van der Waals surface area contributed by atoms with E-state index in [-0.39, 0.29) is 5.92 Å². The number of ether oxygens (including phenoxy) is 3. The van der Waals surface area contributed by atoms with Gasteiger partial charge >= 0.3 is 0 Å². The van der Waals surface area contributed by atoms with E-state index in [4.69, 9.17) is 14.2 Å². The number of hydrogen-bond donors (Lipinski definition) is 1. The van der Waals surface area contributed by atoms with Gasteiger partial charge in [-0.1, -0.05) is 15.9 Å². The quantitative estimate of drug-likeness (QED) is 0.859. The highest BCUT2D eigenvalue weighted by Crippen LogP contribution is 2.39. The number of hydrogen-bond acceptors (Lipinski definition) is 4. The van der Waals surface area contributed by atoms with Gasteiger partial charge in [-0.05, 0) is 38.0 Å². The Morgan fingerprint density at radius 1 is 1.30 bits per heavy atom. The first-order chi connectivity index (χ1) is 9.67. The second kappa shape index (κ2) is 7.29. The Balaban J connectivity index is 2.29. The van der Waals surface area contributed by atoms with Crippen molar-refractivity contribution in [1.82, 2.24) is 0 Å². The third-order valence-corrected chi connectivity index (χ3v) is 4.08. The number of aliphatic hydroxyl groups is 1. The van der Waals surface area contributed by atoms with Gasteiger partial charge in [0.05, 0.1) is 25.9 Å². The lowest BCUT2D eigenvalue weighted by atomic mass is 9.95. The molecule has 2 rings (SSSR count). The molecule has 1 aromatic carbocycles. The fourth-order valence-electron chi connectivity index (χ4n) is 2.37. The Kier molecular flexibility index (Phi) is 5.69. The van der Waals surface area contributed by atoms with Crippen LogP contribution in [0.2, 0.25) is 0 Å². The van der Waals surface area contributed by atoms with E-state index >= 15 is 0 Å². The normalized spacial score (nSPS) is 19.9. The van der Waals surface area contributed by atoms with Gasteiger partial charge in [-0.15, -0.1) is 0 Å². The Bertz CT molecular complexity index is 444. The summed E-state index contributed by atoms with van der Waals surface area (Å²) in [6.45, 7) is 6.31. The lowest BCUT2D eigenvalue weighted by molar-refractivity contribution is 0.0909. The van der Waals surface area contributed by atoms with E-state index in [2.05, 4.69) is 15.9 Å². The molecule has 1 aliphatic rings. The molecule has 1 fully saturated rings. The maximum Gasteiger partial charge on any atom is 0.162 e. The third-order valence-electron chi connectivity index (χ3n) is 3.39. The average molecular weight is 345 g/mol. The summed E-state index contributed by atoms with van der Waals surface area (Å²) in [7, 11) is 0. The minimum atomic E-state index is -0.554. The zero-order chi connectivity index (χ0) is 14.5. The van der Waals surface area contributed by atoms with Gasteiger partial charge in [-0.2, -0.15) is 0 Å². The molecule has 1 aliphatic heterocycles. The fourth-order valence-corrected chi connectivity index (χ4v) is 2.93. The Hall–Kier alpha value is -0.780. The first-order valence-electron chi connectivity index (χ1n) is 7.02. The van der Waals surface area contributed by atoms with E-state index in [1.54, 1.807) is 0 Å². The minimum Gasteiger partial charge on any atom is -0.490 e. The van der Waals surface area contributed by atoms with Crippen molar-refractivity contribution < 1.29 is 19.3 Å². The monoisotopic (exact) mass is 344 g/mol. The number of benzene rings is 1. The van der Waals surface area contributed by atoms with Crippen LogP contribution >= 0.6 is 15.9 Å². The molecule has 1 aromatic rings. The van der Waals surface area contributed by atoms with Gasteiger partial charge < -0.3 is 19.3 Å². The van der Waals surface area contributed by atoms with Gasteiger partial charge in [0.2, 0.25) is 0 Å².